The van der Waals surface area contributed by atoms with E-state index < -0.39 is 23.6 Å². The Bertz CT molecular complexity index is 499. The molecule has 0 aromatic carbocycles. The monoisotopic (exact) mass is 338 g/mol. The molecule has 0 bridgehead atoms. The predicted octanol–water partition coefficient (Wildman–Crippen LogP) is -0.191. The van der Waals surface area contributed by atoms with Crippen molar-refractivity contribution in [2.45, 2.75) is 31.8 Å². The molecule has 2 N–H and O–H groups in total. The SMILES string of the molecule is C[C@H]1O[C@@H](n2cc(I)c(=O)[nH]c2=O)C[C@@H]1O. The molecule has 1 aliphatic heterocycles. The van der Waals surface area contributed by atoms with Gasteiger partial charge in [-0.15, -0.1) is 0 Å². The highest BCUT2D eigenvalue weighted by atomic mass is 127. The fourth-order valence-electron chi connectivity index (χ4n) is 1.65. The van der Waals surface area contributed by atoms with Crippen LogP contribution in [0.3, 0.4) is 0 Å². The van der Waals surface area contributed by atoms with Crippen LogP contribution in [0.1, 0.15) is 19.6 Å². The molecule has 1 saturated heterocycles. The van der Waals surface area contributed by atoms with Crippen LogP contribution in [0.15, 0.2) is 15.8 Å². The number of aliphatic hydroxyl groups excluding tert-OH is 1. The van der Waals surface area contributed by atoms with Crippen molar-refractivity contribution >= 4 is 22.6 Å². The lowest BCUT2D eigenvalue weighted by atomic mass is 10.2. The van der Waals surface area contributed by atoms with E-state index in [0.717, 1.165) is 0 Å². The second-order valence-corrected chi connectivity index (χ2v) is 4.90. The minimum absolute atomic E-state index is 0.304. The fourth-order valence-corrected chi connectivity index (χ4v) is 2.08. The van der Waals surface area contributed by atoms with Gasteiger partial charge in [-0.25, -0.2) is 4.79 Å². The number of hydrogen-bond donors (Lipinski definition) is 2. The van der Waals surface area contributed by atoms with Crippen molar-refractivity contribution < 1.29 is 9.84 Å². The second-order valence-electron chi connectivity index (χ2n) is 3.74. The third kappa shape index (κ3) is 2.06. The first kappa shape index (κ1) is 11.8. The third-order valence-corrected chi connectivity index (χ3v) is 3.36. The average Bonchev–Trinajstić information content (AvgIpc) is 2.53. The van der Waals surface area contributed by atoms with Crippen molar-refractivity contribution in [2.75, 3.05) is 0 Å². The maximum atomic E-state index is 11.5. The highest BCUT2D eigenvalue weighted by Gasteiger charge is 2.32. The summed E-state index contributed by atoms with van der Waals surface area (Å²) < 4.78 is 7.14. The van der Waals surface area contributed by atoms with Crippen LogP contribution in [0, 0.1) is 3.57 Å². The van der Waals surface area contributed by atoms with Crippen LogP contribution < -0.4 is 11.2 Å². The van der Waals surface area contributed by atoms with E-state index >= 15 is 0 Å². The molecular formula is C9H11IN2O4. The lowest BCUT2D eigenvalue weighted by Crippen LogP contribution is -2.33. The number of aromatic nitrogens is 2. The van der Waals surface area contributed by atoms with E-state index in [-0.39, 0.29) is 6.10 Å². The number of halogens is 1. The quantitative estimate of drug-likeness (QED) is 0.696. The molecule has 0 saturated carbocycles. The van der Waals surface area contributed by atoms with Crippen molar-refractivity contribution in [1.29, 1.82) is 0 Å². The van der Waals surface area contributed by atoms with Crippen molar-refractivity contribution in [2.24, 2.45) is 0 Å². The molecule has 0 unspecified atom stereocenters. The highest BCUT2D eigenvalue weighted by Crippen LogP contribution is 2.26. The number of ether oxygens (including phenoxy) is 1. The van der Waals surface area contributed by atoms with Gasteiger partial charge in [0.25, 0.3) is 5.56 Å². The molecule has 1 aromatic rings. The normalized spacial score (nSPS) is 29.6. The average molecular weight is 338 g/mol. The number of nitrogens with zero attached hydrogens (tertiary/aromatic N) is 1. The number of nitrogens with one attached hydrogen (secondary N) is 1. The molecule has 88 valence electrons. The van der Waals surface area contributed by atoms with Gasteiger partial charge in [0, 0.05) is 12.6 Å². The molecule has 3 atom stereocenters. The van der Waals surface area contributed by atoms with Crippen molar-refractivity contribution in [3.63, 3.8) is 0 Å². The second kappa shape index (κ2) is 4.30. The Balaban J connectivity index is 2.39. The summed E-state index contributed by atoms with van der Waals surface area (Å²) in [6, 6.07) is 0. The van der Waals surface area contributed by atoms with E-state index in [1.165, 1.54) is 10.8 Å². The zero-order valence-electron chi connectivity index (χ0n) is 8.51. The van der Waals surface area contributed by atoms with Crippen LogP contribution in [-0.4, -0.2) is 26.9 Å². The number of rotatable bonds is 1. The van der Waals surface area contributed by atoms with Crippen LogP contribution in [0.25, 0.3) is 0 Å². The minimum Gasteiger partial charge on any atom is -0.390 e. The zero-order valence-corrected chi connectivity index (χ0v) is 10.7. The van der Waals surface area contributed by atoms with Crippen molar-refractivity contribution in [3.05, 3.63) is 30.6 Å². The summed E-state index contributed by atoms with van der Waals surface area (Å²) in [6.45, 7) is 1.74. The Morgan fingerprint density at radius 1 is 1.62 bits per heavy atom. The van der Waals surface area contributed by atoms with E-state index in [9.17, 15) is 14.7 Å². The van der Waals surface area contributed by atoms with Gasteiger partial charge in [0.05, 0.1) is 15.8 Å². The molecule has 1 aliphatic rings. The molecular weight excluding hydrogens is 327 g/mol. The van der Waals surface area contributed by atoms with Gasteiger partial charge in [0.1, 0.15) is 6.23 Å². The van der Waals surface area contributed by atoms with Crippen LogP contribution in [0.5, 0.6) is 0 Å². The van der Waals surface area contributed by atoms with Crippen LogP contribution in [0.2, 0.25) is 0 Å². The highest BCUT2D eigenvalue weighted by molar-refractivity contribution is 14.1. The summed E-state index contributed by atoms with van der Waals surface area (Å²) in [7, 11) is 0. The Morgan fingerprint density at radius 2 is 2.31 bits per heavy atom. The summed E-state index contributed by atoms with van der Waals surface area (Å²) in [5.74, 6) is 0. The smallest absolute Gasteiger partial charge is 0.330 e. The largest absolute Gasteiger partial charge is 0.390 e. The Hall–Kier alpha value is -0.670. The van der Waals surface area contributed by atoms with Gasteiger partial charge >= 0.3 is 5.69 Å². The molecule has 2 rings (SSSR count). The van der Waals surface area contributed by atoms with Crippen molar-refractivity contribution in [1.82, 2.24) is 9.55 Å². The molecule has 6 nitrogen and oxygen atoms in total. The van der Waals surface area contributed by atoms with Gasteiger partial charge in [-0.1, -0.05) is 0 Å². The number of hydrogen-bond acceptors (Lipinski definition) is 4. The number of aromatic amines is 1. The molecule has 16 heavy (non-hydrogen) atoms. The van der Waals surface area contributed by atoms with E-state index in [1.54, 1.807) is 6.92 Å². The lowest BCUT2D eigenvalue weighted by Gasteiger charge is -2.13. The van der Waals surface area contributed by atoms with Crippen LogP contribution in [0.4, 0.5) is 0 Å². The summed E-state index contributed by atoms with van der Waals surface area (Å²) in [5, 5.41) is 9.53. The molecule has 0 amide bonds. The van der Waals surface area contributed by atoms with E-state index in [2.05, 4.69) is 4.98 Å². The molecule has 0 aliphatic carbocycles. The topological polar surface area (TPSA) is 84.3 Å². The first-order valence-corrected chi connectivity index (χ1v) is 5.91. The standard InChI is InChI=1S/C9H11IN2O4/c1-4-6(13)2-7(16-4)12-3-5(10)8(14)11-9(12)15/h3-4,6-7,13H,2H2,1H3,(H,11,14,15)/t4-,6+,7-/m1/s1. The molecule has 0 radical (unpaired) electrons. The van der Waals surface area contributed by atoms with Gasteiger partial charge in [0.2, 0.25) is 0 Å². The summed E-state index contributed by atoms with van der Waals surface area (Å²) in [6.07, 6.45) is 0.395. The Labute approximate surface area is 104 Å². The maximum Gasteiger partial charge on any atom is 0.330 e. The lowest BCUT2D eigenvalue weighted by molar-refractivity contribution is -0.0102. The molecule has 1 aromatic heterocycles. The molecule has 7 heteroatoms. The number of H-pyrrole nitrogens is 1. The first-order valence-electron chi connectivity index (χ1n) is 4.83. The maximum absolute atomic E-state index is 11.5. The Kier molecular flexibility index (Phi) is 3.17. The van der Waals surface area contributed by atoms with Gasteiger partial charge in [0.15, 0.2) is 0 Å². The van der Waals surface area contributed by atoms with E-state index in [0.29, 0.717) is 9.99 Å². The van der Waals surface area contributed by atoms with E-state index in [1.807, 2.05) is 22.6 Å². The van der Waals surface area contributed by atoms with E-state index in [4.69, 9.17) is 4.74 Å². The van der Waals surface area contributed by atoms with Gasteiger partial charge in [-0.05, 0) is 29.5 Å². The fraction of sp³-hybridized carbons (Fsp3) is 0.556. The van der Waals surface area contributed by atoms with Crippen LogP contribution >= 0.6 is 22.6 Å². The first-order chi connectivity index (χ1) is 7.49. The minimum atomic E-state index is -0.582. The summed E-state index contributed by atoms with van der Waals surface area (Å²) in [4.78, 5) is 24.9. The summed E-state index contributed by atoms with van der Waals surface area (Å²) >= 11 is 1.84. The van der Waals surface area contributed by atoms with Gasteiger partial charge < -0.3 is 9.84 Å². The molecule has 0 spiro atoms. The van der Waals surface area contributed by atoms with Crippen LogP contribution in [-0.2, 0) is 4.74 Å². The molecule has 2 heterocycles. The third-order valence-electron chi connectivity index (χ3n) is 2.59. The van der Waals surface area contributed by atoms with Gasteiger partial charge in [-0.2, -0.15) is 0 Å². The predicted molar refractivity (Wildman–Crippen MR) is 64.2 cm³/mol. The zero-order chi connectivity index (χ0) is 11.9. The van der Waals surface area contributed by atoms with Gasteiger partial charge in [-0.3, -0.25) is 14.3 Å². The molecule has 1 fully saturated rings. The van der Waals surface area contributed by atoms with Crippen molar-refractivity contribution in [3.8, 4) is 0 Å². The summed E-state index contributed by atoms with van der Waals surface area (Å²) in [5.41, 5.74) is -0.926. The number of aliphatic hydroxyl groups is 1. The Morgan fingerprint density at radius 3 is 2.88 bits per heavy atom.